The van der Waals surface area contributed by atoms with Crippen molar-refractivity contribution in [1.29, 1.82) is 0 Å². The van der Waals surface area contributed by atoms with Crippen LogP contribution in [-0.2, 0) is 50.6 Å². The van der Waals surface area contributed by atoms with Gasteiger partial charge in [-0.3, -0.25) is 0 Å². The van der Waals surface area contributed by atoms with Crippen molar-refractivity contribution in [2.75, 3.05) is 0 Å². The van der Waals surface area contributed by atoms with Crippen molar-refractivity contribution in [3.05, 3.63) is 117 Å². The summed E-state index contributed by atoms with van der Waals surface area (Å²) in [5.41, 5.74) is 17.5. The largest absolute Gasteiger partial charge is 0.143 e. The molecular weight excluding hydrogens is 1120 g/mol. The average molecular weight is 1250 g/mol. The summed E-state index contributed by atoms with van der Waals surface area (Å²) in [5.74, 6) is 0. The first-order valence-electron chi connectivity index (χ1n) is 33.8. The minimum absolute atomic E-state index is 0.0831. The zero-order valence-corrected chi connectivity index (χ0v) is 66.7. The summed E-state index contributed by atoms with van der Waals surface area (Å²) in [6, 6.07) is 34.7. The molecule has 0 heterocycles. The number of hydrogen-bond donors (Lipinski definition) is 3. The van der Waals surface area contributed by atoms with E-state index < -0.39 is 24.2 Å². The van der Waals surface area contributed by atoms with Gasteiger partial charge in [0.2, 0.25) is 0 Å². The van der Waals surface area contributed by atoms with Gasteiger partial charge in [0.05, 0.1) is 24.2 Å². The molecule has 0 spiro atoms. The van der Waals surface area contributed by atoms with Gasteiger partial charge < -0.3 is 0 Å². The molecule has 478 valence electrons. The molecule has 0 aliphatic rings. The highest BCUT2D eigenvalue weighted by atomic mass is 32.1. The Hall–Kier alpha value is -1.42. The first kappa shape index (κ1) is 78.7. The number of rotatable bonds is 21. The molecule has 0 unspecified atom stereocenters. The van der Waals surface area contributed by atoms with E-state index in [1.807, 2.05) is 0 Å². The SMILES string of the molecule is CC(C)[Si](Cc1cc(C(C)(C)C)c(S)c(C(C)(C)C)c1)(C(C)C)C(C)C.CC(C)[Si](Cc1cc(C(C)(C)C)c(S)c(C(C)(C)C)c1)(c1ccccc1)C(C)C.CCCC[Si](CCCC)(CCCC)Cc1cc(C(C)(C)C)c(S)c(C(C)(C)C)c1. The average Bonchev–Trinajstić information content (AvgIpc) is 1.61. The first-order valence-corrected chi connectivity index (χ1v) is 42.8. The maximum absolute atomic E-state index is 5.04. The molecule has 0 N–H and O–H groups in total. The van der Waals surface area contributed by atoms with Crippen LogP contribution in [0.3, 0.4) is 0 Å². The molecule has 4 rings (SSSR count). The van der Waals surface area contributed by atoms with E-state index in [4.69, 9.17) is 37.9 Å². The molecule has 84 heavy (non-hydrogen) atoms. The van der Waals surface area contributed by atoms with E-state index in [1.165, 1.54) is 128 Å². The lowest BCUT2D eigenvalue weighted by Gasteiger charge is -2.44. The zero-order chi connectivity index (χ0) is 65.2. The van der Waals surface area contributed by atoms with Crippen LogP contribution in [0.1, 0.15) is 303 Å². The Kier molecular flexibility index (Phi) is 29.5. The van der Waals surface area contributed by atoms with Gasteiger partial charge in [-0.1, -0.05) is 360 Å². The van der Waals surface area contributed by atoms with Crippen molar-refractivity contribution in [2.45, 2.75) is 364 Å². The molecule has 0 saturated carbocycles. The third kappa shape index (κ3) is 20.8. The fraction of sp³-hybridized carbons (Fsp3) is 0.692. The van der Waals surface area contributed by atoms with Crippen molar-refractivity contribution >= 4 is 67.3 Å². The van der Waals surface area contributed by atoms with Gasteiger partial charge in [-0.05, 0) is 112 Å². The highest BCUT2D eigenvalue weighted by Gasteiger charge is 2.44. The molecule has 0 fully saturated rings. The normalized spacial score (nSPS) is 13.5. The van der Waals surface area contributed by atoms with Crippen LogP contribution in [-0.4, -0.2) is 24.2 Å². The second-order valence-electron chi connectivity index (χ2n) is 34.3. The van der Waals surface area contributed by atoms with Crippen LogP contribution in [0.15, 0.2) is 81.4 Å². The highest BCUT2D eigenvalue weighted by molar-refractivity contribution is 7.80. The van der Waals surface area contributed by atoms with E-state index >= 15 is 0 Å². The maximum Gasteiger partial charge on any atom is 0.0960 e. The molecule has 0 amide bonds. The summed E-state index contributed by atoms with van der Waals surface area (Å²) in [6.07, 6.45) is 8.27. The van der Waals surface area contributed by atoms with Crippen LogP contribution in [0, 0.1) is 0 Å². The summed E-state index contributed by atoms with van der Waals surface area (Å²) in [4.78, 5) is 3.59. The minimum Gasteiger partial charge on any atom is -0.143 e. The smallest absolute Gasteiger partial charge is 0.0960 e. The highest BCUT2D eigenvalue weighted by Crippen LogP contribution is 2.47. The van der Waals surface area contributed by atoms with E-state index in [-0.39, 0.29) is 32.5 Å². The lowest BCUT2D eigenvalue weighted by atomic mass is 9.79. The monoisotopic (exact) mass is 1250 g/mol. The fourth-order valence-electron chi connectivity index (χ4n) is 14.4. The van der Waals surface area contributed by atoms with E-state index in [0.717, 1.165) is 16.6 Å². The van der Waals surface area contributed by atoms with Gasteiger partial charge in [-0.25, -0.2) is 0 Å². The molecule has 0 aromatic heterocycles. The van der Waals surface area contributed by atoms with E-state index in [9.17, 15) is 0 Å². The van der Waals surface area contributed by atoms with Crippen LogP contribution < -0.4 is 5.19 Å². The molecule has 0 aliphatic heterocycles. The molecule has 0 saturated heterocycles. The van der Waals surface area contributed by atoms with Crippen molar-refractivity contribution in [3.63, 3.8) is 0 Å². The molecule has 0 radical (unpaired) electrons. The molecule has 0 bridgehead atoms. The van der Waals surface area contributed by atoms with Gasteiger partial charge in [0.1, 0.15) is 0 Å². The zero-order valence-electron chi connectivity index (χ0n) is 61.1. The van der Waals surface area contributed by atoms with Crippen LogP contribution in [0.5, 0.6) is 0 Å². The Bertz CT molecular complexity index is 2470. The quantitative estimate of drug-likeness (QED) is 0.0537. The molecule has 4 aromatic rings. The molecule has 6 heteroatoms. The van der Waals surface area contributed by atoms with Crippen molar-refractivity contribution in [2.24, 2.45) is 0 Å². The van der Waals surface area contributed by atoms with Crippen molar-refractivity contribution in [1.82, 2.24) is 0 Å². The van der Waals surface area contributed by atoms with Gasteiger partial charge in [0.25, 0.3) is 0 Å². The van der Waals surface area contributed by atoms with Crippen molar-refractivity contribution < 1.29 is 0 Å². The van der Waals surface area contributed by atoms with Crippen LogP contribution in [0.2, 0.25) is 45.8 Å². The summed E-state index contributed by atoms with van der Waals surface area (Å²) >= 11 is 15.0. The fourth-order valence-corrected chi connectivity index (χ4v) is 34.0. The van der Waals surface area contributed by atoms with Gasteiger partial charge >= 0.3 is 0 Å². The number of hydrogen-bond acceptors (Lipinski definition) is 3. The van der Waals surface area contributed by atoms with Gasteiger partial charge in [-0.15, -0.1) is 37.9 Å². The topological polar surface area (TPSA) is 0 Å². The Morgan fingerprint density at radius 1 is 0.333 bits per heavy atom. The summed E-state index contributed by atoms with van der Waals surface area (Å²) < 4.78 is 0. The Balaban J connectivity index is 0.000000431. The Morgan fingerprint density at radius 3 is 0.786 bits per heavy atom. The van der Waals surface area contributed by atoms with Crippen molar-refractivity contribution in [3.8, 4) is 0 Å². The van der Waals surface area contributed by atoms with Gasteiger partial charge in [0.15, 0.2) is 0 Å². The van der Waals surface area contributed by atoms with E-state index in [1.54, 1.807) is 16.3 Å². The predicted molar refractivity (Wildman–Crippen MR) is 402 cm³/mol. The lowest BCUT2D eigenvalue weighted by Crippen LogP contribution is -2.55. The first-order chi connectivity index (χ1) is 38.2. The molecule has 4 aromatic carbocycles. The maximum atomic E-state index is 5.04. The summed E-state index contributed by atoms with van der Waals surface area (Å²) in [7, 11) is -4.55. The van der Waals surface area contributed by atoms with E-state index in [2.05, 4.69) is 281 Å². The van der Waals surface area contributed by atoms with Gasteiger partial charge in [0, 0.05) is 14.7 Å². The molecule has 0 atom stereocenters. The molecular formula is C78H136S3Si3. The third-order valence-electron chi connectivity index (χ3n) is 19.7. The summed E-state index contributed by atoms with van der Waals surface area (Å²) in [6.45, 7) is 73.5. The third-order valence-corrected chi connectivity index (χ3v) is 40.6. The summed E-state index contributed by atoms with van der Waals surface area (Å²) in [5, 5.41) is 1.59. The molecule has 0 aliphatic carbocycles. The van der Waals surface area contributed by atoms with Gasteiger partial charge in [-0.2, -0.15) is 0 Å². The second-order valence-corrected chi connectivity index (χ2v) is 51.8. The Morgan fingerprint density at radius 2 is 0.571 bits per heavy atom. The minimum atomic E-state index is -1.77. The number of unbranched alkanes of at least 4 members (excludes halogenated alkanes) is 3. The van der Waals surface area contributed by atoms with Crippen LogP contribution in [0.25, 0.3) is 0 Å². The predicted octanol–water partition coefficient (Wildman–Crippen LogP) is 25.7. The van der Waals surface area contributed by atoms with E-state index in [0.29, 0.717) is 11.1 Å². The lowest BCUT2D eigenvalue weighted by molar-refractivity contribution is 0.545. The second kappa shape index (κ2) is 31.5. The molecule has 0 nitrogen and oxygen atoms in total. The van der Waals surface area contributed by atoms with Crippen LogP contribution in [0.4, 0.5) is 0 Å². The Labute approximate surface area is 544 Å². The van der Waals surface area contributed by atoms with Crippen LogP contribution >= 0.6 is 37.9 Å². The standard InChI is InChI=1S/C27H42SSi.C27H50SSi.C24H44SSi/c1-19(2)29(20(3)4,22-14-12-11-13-15-22)18-21-16-23(26(5,6)7)25(28)24(17-21)27(8,9)10;1-10-13-16-29(17-14-11-2,18-15-12-3)21-22-19-23(26(4,5)6)25(28)24(20-22)27(7,8)9;1-16(2)26(17(3)4,18(5)6)15-19-13-20(23(7,8)9)22(25)21(14-19)24(10,11)12/h11-17,19-20,28H,18H2,1-10H3;19-20,28H,10-18,21H2,1-9H3;13-14,16-18,25H,15H2,1-12H3. The number of thiol groups is 3. The number of benzene rings is 4.